The molecule has 0 saturated carbocycles. The molecule has 0 atom stereocenters. The van der Waals surface area contributed by atoms with Gasteiger partial charge in [-0.1, -0.05) is 13.8 Å². The van der Waals surface area contributed by atoms with E-state index in [2.05, 4.69) is 9.97 Å². The van der Waals surface area contributed by atoms with Crippen LogP contribution in [-0.4, -0.2) is 9.97 Å². The van der Waals surface area contributed by atoms with E-state index >= 15 is 0 Å². The van der Waals surface area contributed by atoms with E-state index in [0.717, 1.165) is 11.0 Å². The second-order valence-corrected chi connectivity index (χ2v) is 1.91. The summed E-state index contributed by atoms with van der Waals surface area (Å²) in [4.78, 5) is 7.17. The fourth-order valence-electron chi connectivity index (χ4n) is 0.883. The van der Waals surface area contributed by atoms with Crippen LogP contribution in [0.2, 0.25) is 0 Å². The van der Waals surface area contributed by atoms with Gasteiger partial charge in [0.15, 0.2) is 0 Å². The van der Waals surface area contributed by atoms with Crippen LogP contribution in [0.1, 0.15) is 15.3 Å². The monoisotopic (exact) mass is 150 g/mol. The summed E-state index contributed by atoms with van der Waals surface area (Å²) in [6.07, 6.45) is 3.67. The number of aromatic nitrogens is 2. The van der Waals surface area contributed by atoms with Crippen LogP contribution in [0.3, 0.4) is 0 Å². The third-order valence-electron chi connectivity index (χ3n) is 1.32. The summed E-state index contributed by atoms with van der Waals surface area (Å²) in [5, 5.41) is 0. The van der Waals surface area contributed by atoms with Gasteiger partial charge in [-0.3, -0.25) is 4.98 Å². The molecule has 2 heterocycles. The lowest BCUT2D eigenvalue weighted by Gasteiger charge is -1.82. The molecule has 60 valence electrons. The van der Waals surface area contributed by atoms with Crippen molar-refractivity contribution in [2.45, 2.75) is 13.8 Å². The molecule has 2 rings (SSSR count). The summed E-state index contributed by atoms with van der Waals surface area (Å²) in [5.74, 6) is 0. The van der Waals surface area contributed by atoms with Gasteiger partial charge in [-0.05, 0) is 18.2 Å². The van der Waals surface area contributed by atoms with Gasteiger partial charge in [0.25, 0.3) is 0 Å². The Morgan fingerprint density at radius 2 is 2.18 bits per heavy atom. The van der Waals surface area contributed by atoms with E-state index in [1.807, 2.05) is 38.2 Å². The van der Waals surface area contributed by atoms with Gasteiger partial charge in [-0.25, -0.2) is 0 Å². The van der Waals surface area contributed by atoms with Crippen molar-refractivity contribution >= 4 is 11.0 Å². The fourth-order valence-corrected chi connectivity index (χ4v) is 0.883. The summed E-state index contributed by atoms with van der Waals surface area (Å²) >= 11 is 0. The smallest absolute Gasteiger partial charge is 0.0878 e. The standard InChI is InChI=1S/C7H6N2.C2H6.H2/c1-2-6-7(8-4-1)3-5-9-6;1-2;/h1-5,9H;1-2H3;1H. The molecule has 2 aromatic heterocycles. The van der Waals surface area contributed by atoms with Crippen LogP contribution in [0.15, 0.2) is 30.6 Å². The van der Waals surface area contributed by atoms with Crippen LogP contribution >= 0.6 is 0 Å². The topological polar surface area (TPSA) is 28.7 Å². The maximum absolute atomic E-state index is 4.11. The molecule has 0 unspecified atom stereocenters. The largest absolute Gasteiger partial charge is 0.360 e. The Morgan fingerprint density at radius 1 is 1.36 bits per heavy atom. The van der Waals surface area contributed by atoms with Gasteiger partial charge in [0.1, 0.15) is 0 Å². The zero-order chi connectivity index (χ0) is 8.10. The van der Waals surface area contributed by atoms with Gasteiger partial charge >= 0.3 is 0 Å². The number of rotatable bonds is 0. The number of pyridine rings is 1. The van der Waals surface area contributed by atoms with Gasteiger partial charge in [0.2, 0.25) is 0 Å². The average molecular weight is 150 g/mol. The maximum atomic E-state index is 4.11. The number of nitrogens with zero attached hydrogens (tertiary/aromatic N) is 1. The number of fused-ring (bicyclic) bond motifs is 1. The molecule has 0 radical (unpaired) electrons. The molecule has 0 aliphatic heterocycles. The van der Waals surface area contributed by atoms with Gasteiger partial charge in [-0.15, -0.1) is 0 Å². The Labute approximate surface area is 67.8 Å². The Hall–Kier alpha value is -1.31. The summed E-state index contributed by atoms with van der Waals surface area (Å²) < 4.78 is 0. The first-order chi connectivity index (χ1) is 5.47. The Bertz CT molecular complexity index is 287. The predicted octanol–water partition coefficient (Wildman–Crippen LogP) is 2.84. The minimum Gasteiger partial charge on any atom is -0.360 e. The van der Waals surface area contributed by atoms with Gasteiger partial charge in [0, 0.05) is 13.8 Å². The third-order valence-corrected chi connectivity index (χ3v) is 1.32. The lowest BCUT2D eigenvalue weighted by molar-refractivity contribution is 1.41. The average Bonchev–Trinajstić information content (AvgIpc) is 2.55. The van der Waals surface area contributed by atoms with Crippen molar-refractivity contribution in [1.82, 2.24) is 9.97 Å². The summed E-state index contributed by atoms with van der Waals surface area (Å²) in [6, 6.07) is 5.87. The first-order valence-corrected chi connectivity index (χ1v) is 3.85. The molecule has 0 amide bonds. The molecule has 2 aromatic rings. The quantitative estimate of drug-likeness (QED) is 0.614. The van der Waals surface area contributed by atoms with E-state index in [1.165, 1.54) is 0 Å². The molecule has 0 fully saturated rings. The highest BCUT2D eigenvalue weighted by Gasteiger charge is 1.88. The van der Waals surface area contributed by atoms with Crippen LogP contribution in [0.5, 0.6) is 0 Å². The molecule has 1 N–H and O–H groups in total. The lowest BCUT2D eigenvalue weighted by Crippen LogP contribution is -1.68. The number of hydrogen-bond acceptors (Lipinski definition) is 1. The van der Waals surface area contributed by atoms with E-state index in [9.17, 15) is 0 Å². The second-order valence-electron chi connectivity index (χ2n) is 1.91. The fraction of sp³-hybridized carbons (Fsp3) is 0.222. The van der Waals surface area contributed by atoms with E-state index in [4.69, 9.17) is 0 Å². The van der Waals surface area contributed by atoms with Crippen LogP contribution in [-0.2, 0) is 0 Å². The van der Waals surface area contributed by atoms with Crippen LogP contribution in [0.25, 0.3) is 11.0 Å². The molecule has 0 bridgehead atoms. The van der Waals surface area contributed by atoms with Crippen molar-refractivity contribution in [3.8, 4) is 0 Å². The maximum Gasteiger partial charge on any atom is 0.0878 e. The summed E-state index contributed by atoms with van der Waals surface area (Å²) in [6.45, 7) is 4.00. The number of hydrogen-bond donors (Lipinski definition) is 1. The lowest BCUT2D eigenvalue weighted by atomic mass is 10.4. The molecule has 2 heteroatoms. The highest BCUT2D eigenvalue weighted by molar-refractivity contribution is 5.73. The molecular weight excluding hydrogens is 136 g/mol. The summed E-state index contributed by atoms with van der Waals surface area (Å²) in [7, 11) is 0. The van der Waals surface area contributed by atoms with Crippen molar-refractivity contribution in [1.29, 1.82) is 0 Å². The number of nitrogens with one attached hydrogen (secondary N) is 1. The first-order valence-electron chi connectivity index (χ1n) is 3.85. The molecule has 0 aromatic carbocycles. The SMILES string of the molecule is CC.[HH].c1cnc2cc[nH]c2c1. The zero-order valence-corrected chi connectivity index (χ0v) is 6.83. The van der Waals surface area contributed by atoms with Crippen molar-refractivity contribution < 1.29 is 1.43 Å². The third kappa shape index (κ3) is 1.58. The number of aromatic amines is 1. The second kappa shape index (κ2) is 3.76. The van der Waals surface area contributed by atoms with Crippen molar-refractivity contribution in [3.63, 3.8) is 0 Å². The molecule has 0 aliphatic carbocycles. The minimum atomic E-state index is 0. The van der Waals surface area contributed by atoms with E-state index in [0.29, 0.717) is 0 Å². The Morgan fingerprint density at radius 3 is 2.91 bits per heavy atom. The first kappa shape index (κ1) is 7.79. The van der Waals surface area contributed by atoms with E-state index in [-0.39, 0.29) is 1.43 Å². The van der Waals surface area contributed by atoms with Crippen molar-refractivity contribution in [3.05, 3.63) is 30.6 Å². The molecule has 2 nitrogen and oxygen atoms in total. The zero-order valence-electron chi connectivity index (χ0n) is 6.83. The van der Waals surface area contributed by atoms with Crippen molar-refractivity contribution in [2.75, 3.05) is 0 Å². The molecule has 0 aliphatic rings. The molecule has 11 heavy (non-hydrogen) atoms. The highest BCUT2D eigenvalue weighted by Crippen LogP contribution is 2.05. The normalized spacial score (nSPS) is 8.91. The minimum absolute atomic E-state index is 0. The van der Waals surface area contributed by atoms with E-state index < -0.39 is 0 Å². The van der Waals surface area contributed by atoms with Gasteiger partial charge < -0.3 is 4.98 Å². The van der Waals surface area contributed by atoms with Crippen molar-refractivity contribution in [2.24, 2.45) is 0 Å². The Balaban J connectivity index is 0.000000378. The van der Waals surface area contributed by atoms with Gasteiger partial charge in [-0.2, -0.15) is 0 Å². The molecule has 0 spiro atoms. The van der Waals surface area contributed by atoms with Crippen LogP contribution in [0.4, 0.5) is 0 Å². The Kier molecular flexibility index (Phi) is 2.66. The molecule has 0 saturated heterocycles. The highest BCUT2D eigenvalue weighted by atomic mass is 14.7. The predicted molar refractivity (Wildman–Crippen MR) is 49.6 cm³/mol. The summed E-state index contributed by atoms with van der Waals surface area (Å²) in [5.41, 5.74) is 2.12. The molecular formula is C9H14N2. The van der Waals surface area contributed by atoms with Crippen LogP contribution < -0.4 is 0 Å². The van der Waals surface area contributed by atoms with E-state index in [1.54, 1.807) is 6.20 Å². The number of H-pyrrole nitrogens is 1. The van der Waals surface area contributed by atoms with Crippen LogP contribution in [0, 0.1) is 0 Å². The van der Waals surface area contributed by atoms with Gasteiger partial charge in [0.05, 0.1) is 11.0 Å².